The highest BCUT2D eigenvalue weighted by Gasteiger charge is 2.09. The van der Waals surface area contributed by atoms with Crippen molar-refractivity contribution in [2.24, 2.45) is 7.05 Å². The summed E-state index contributed by atoms with van der Waals surface area (Å²) in [6.45, 7) is 4.13. The molecule has 0 saturated heterocycles. The van der Waals surface area contributed by atoms with Crippen LogP contribution in [-0.2, 0) is 7.05 Å². The normalized spacial score (nSPS) is 10.8. The van der Waals surface area contributed by atoms with Crippen LogP contribution in [0.25, 0.3) is 22.5 Å². The Morgan fingerprint density at radius 3 is 2.60 bits per heavy atom. The second kappa shape index (κ2) is 4.89. The van der Waals surface area contributed by atoms with Crippen LogP contribution < -0.4 is 0 Å². The minimum absolute atomic E-state index is 0.939. The maximum Gasteiger partial charge on any atom is 0.0961 e. The molecule has 0 saturated carbocycles. The van der Waals surface area contributed by atoms with Crippen LogP contribution in [-0.4, -0.2) is 20.0 Å². The van der Waals surface area contributed by atoms with E-state index in [-0.39, 0.29) is 0 Å². The molecule has 2 aromatic heterocycles. The van der Waals surface area contributed by atoms with Gasteiger partial charge in [-0.25, -0.2) is 0 Å². The molecule has 0 atom stereocenters. The van der Waals surface area contributed by atoms with Crippen molar-refractivity contribution in [2.45, 2.75) is 13.8 Å². The first kappa shape index (κ1) is 12.5. The van der Waals surface area contributed by atoms with Crippen LogP contribution in [0.15, 0.2) is 42.7 Å². The zero-order valence-electron chi connectivity index (χ0n) is 11.8. The molecule has 3 aromatic rings. The summed E-state index contributed by atoms with van der Waals surface area (Å²) < 4.78 is 1.87. The van der Waals surface area contributed by atoms with Crippen LogP contribution in [0.2, 0.25) is 0 Å². The Hall–Kier alpha value is -2.49. The second-order valence-corrected chi connectivity index (χ2v) is 4.92. The van der Waals surface area contributed by atoms with E-state index < -0.39 is 0 Å². The molecular weight excluding hydrogens is 248 g/mol. The third kappa shape index (κ3) is 2.09. The largest absolute Gasteiger partial charge is 0.268 e. The van der Waals surface area contributed by atoms with Gasteiger partial charge in [0.05, 0.1) is 17.6 Å². The Bertz CT molecular complexity index is 759. The van der Waals surface area contributed by atoms with Crippen LogP contribution in [0.3, 0.4) is 0 Å². The Labute approximate surface area is 118 Å². The van der Waals surface area contributed by atoms with Gasteiger partial charge >= 0.3 is 0 Å². The van der Waals surface area contributed by atoms with E-state index in [2.05, 4.69) is 47.3 Å². The summed E-state index contributed by atoms with van der Waals surface area (Å²) in [5.74, 6) is 0. The number of nitrogens with zero attached hydrogens (tertiary/aromatic N) is 4. The van der Waals surface area contributed by atoms with Crippen LogP contribution in [0.5, 0.6) is 0 Å². The summed E-state index contributed by atoms with van der Waals surface area (Å²) in [7, 11) is 1.94. The van der Waals surface area contributed by atoms with Crippen molar-refractivity contribution in [3.63, 3.8) is 0 Å². The molecule has 0 unspecified atom stereocenters. The third-order valence-electron chi connectivity index (χ3n) is 3.61. The van der Waals surface area contributed by atoms with Gasteiger partial charge in [-0.3, -0.25) is 4.68 Å². The number of aromatic nitrogens is 4. The first-order valence-corrected chi connectivity index (χ1v) is 6.54. The van der Waals surface area contributed by atoms with Gasteiger partial charge in [-0.1, -0.05) is 18.2 Å². The molecule has 0 aliphatic carbocycles. The highest BCUT2D eigenvalue weighted by Crippen LogP contribution is 2.27. The zero-order chi connectivity index (χ0) is 14.1. The molecule has 0 amide bonds. The summed E-state index contributed by atoms with van der Waals surface area (Å²) in [4.78, 5) is 0. The fourth-order valence-electron chi connectivity index (χ4n) is 2.29. The predicted molar refractivity (Wildman–Crippen MR) is 79.1 cm³/mol. The molecule has 1 aromatic carbocycles. The van der Waals surface area contributed by atoms with Gasteiger partial charge in [-0.05, 0) is 37.1 Å². The third-order valence-corrected chi connectivity index (χ3v) is 3.61. The lowest BCUT2D eigenvalue weighted by Crippen LogP contribution is -1.96. The highest BCUT2D eigenvalue weighted by atomic mass is 15.3. The quantitative estimate of drug-likeness (QED) is 0.714. The van der Waals surface area contributed by atoms with E-state index in [1.54, 1.807) is 12.4 Å². The maximum atomic E-state index is 4.28. The van der Waals surface area contributed by atoms with Gasteiger partial charge < -0.3 is 0 Å². The minimum Gasteiger partial charge on any atom is -0.268 e. The van der Waals surface area contributed by atoms with Crippen LogP contribution in [0.1, 0.15) is 11.1 Å². The van der Waals surface area contributed by atoms with Crippen molar-refractivity contribution < 1.29 is 0 Å². The number of hydrogen-bond acceptors (Lipinski definition) is 3. The monoisotopic (exact) mass is 264 g/mol. The average Bonchev–Trinajstić information content (AvgIpc) is 2.88. The van der Waals surface area contributed by atoms with Crippen molar-refractivity contribution in [3.8, 4) is 22.5 Å². The van der Waals surface area contributed by atoms with Gasteiger partial charge in [0.1, 0.15) is 0 Å². The Kier molecular flexibility index (Phi) is 3.06. The fourth-order valence-corrected chi connectivity index (χ4v) is 2.29. The topological polar surface area (TPSA) is 43.6 Å². The Morgan fingerprint density at radius 2 is 1.85 bits per heavy atom. The van der Waals surface area contributed by atoms with Crippen LogP contribution in [0.4, 0.5) is 0 Å². The predicted octanol–water partition coefficient (Wildman–Crippen LogP) is 3.16. The summed E-state index contributed by atoms with van der Waals surface area (Å²) in [6, 6.07) is 10.3. The van der Waals surface area contributed by atoms with Gasteiger partial charge in [0.2, 0.25) is 0 Å². The molecule has 20 heavy (non-hydrogen) atoms. The van der Waals surface area contributed by atoms with Gasteiger partial charge in [0.25, 0.3) is 0 Å². The van der Waals surface area contributed by atoms with E-state index >= 15 is 0 Å². The van der Waals surface area contributed by atoms with E-state index in [0.29, 0.717) is 0 Å². The molecule has 3 rings (SSSR count). The van der Waals surface area contributed by atoms with Gasteiger partial charge in [-0.2, -0.15) is 15.3 Å². The summed E-state index contributed by atoms with van der Waals surface area (Å²) >= 11 is 0. The number of aryl methyl sites for hydroxylation is 2. The van der Waals surface area contributed by atoms with Crippen molar-refractivity contribution >= 4 is 0 Å². The van der Waals surface area contributed by atoms with Crippen molar-refractivity contribution in [2.75, 3.05) is 0 Å². The molecule has 0 fully saturated rings. The summed E-state index contributed by atoms with van der Waals surface area (Å²) in [5, 5.41) is 12.6. The summed E-state index contributed by atoms with van der Waals surface area (Å²) in [6.07, 6.45) is 3.60. The summed E-state index contributed by atoms with van der Waals surface area (Å²) in [5.41, 5.74) is 6.56. The van der Waals surface area contributed by atoms with Crippen molar-refractivity contribution in [3.05, 3.63) is 53.9 Å². The Morgan fingerprint density at radius 1 is 1.05 bits per heavy atom. The van der Waals surface area contributed by atoms with E-state index in [0.717, 1.165) is 28.1 Å². The van der Waals surface area contributed by atoms with Crippen LogP contribution >= 0.6 is 0 Å². The number of rotatable bonds is 2. The molecule has 100 valence electrons. The highest BCUT2D eigenvalue weighted by molar-refractivity contribution is 5.71. The molecule has 0 bridgehead atoms. The van der Waals surface area contributed by atoms with Crippen molar-refractivity contribution in [1.29, 1.82) is 0 Å². The van der Waals surface area contributed by atoms with Crippen molar-refractivity contribution in [1.82, 2.24) is 20.0 Å². The van der Waals surface area contributed by atoms with Crippen LogP contribution in [0, 0.1) is 13.8 Å². The minimum atomic E-state index is 0.939. The SMILES string of the molecule is Cc1cnnc(-c2cccc(-c3ccnn3C)c2)c1C. The Balaban J connectivity index is 2.13. The molecule has 0 N–H and O–H groups in total. The number of hydrogen-bond donors (Lipinski definition) is 0. The molecule has 0 aliphatic rings. The molecule has 4 nitrogen and oxygen atoms in total. The first-order valence-electron chi connectivity index (χ1n) is 6.54. The van der Waals surface area contributed by atoms with E-state index in [1.807, 2.05) is 23.9 Å². The maximum absolute atomic E-state index is 4.28. The van der Waals surface area contributed by atoms with E-state index in [4.69, 9.17) is 0 Å². The average molecular weight is 264 g/mol. The van der Waals surface area contributed by atoms with Gasteiger partial charge in [-0.15, -0.1) is 0 Å². The van der Waals surface area contributed by atoms with E-state index in [1.165, 1.54) is 5.56 Å². The second-order valence-electron chi connectivity index (χ2n) is 4.92. The molecular formula is C16H16N4. The first-order chi connectivity index (χ1) is 9.66. The lowest BCUT2D eigenvalue weighted by atomic mass is 10.0. The molecule has 2 heterocycles. The fraction of sp³-hybridized carbons (Fsp3) is 0.188. The van der Waals surface area contributed by atoms with E-state index in [9.17, 15) is 0 Å². The lowest BCUT2D eigenvalue weighted by Gasteiger charge is -2.08. The molecule has 0 spiro atoms. The lowest BCUT2D eigenvalue weighted by molar-refractivity contribution is 0.776. The van der Waals surface area contributed by atoms with Gasteiger partial charge in [0.15, 0.2) is 0 Å². The standard InChI is InChI=1S/C16H16N4/c1-11-10-17-19-16(12(11)2)14-6-4-5-13(9-14)15-7-8-18-20(15)3/h4-10H,1-3H3. The molecule has 0 radical (unpaired) electrons. The number of benzene rings is 1. The molecule has 0 aliphatic heterocycles. The molecule has 4 heteroatoms. The zero-order valence-corrected chi connectivity index (χ0v) is 11.8. The smallest absolute Gasteiger partial charge is 0.0961 e. The van der Waals surface area contributed by atoms with Gasteiger partial charge in [0, 0.05) is 24.4 Å².